The molecule has 0 aliphatic rings. The molecule has 2 nitrogen and oxygen atoms in total. The summed E-state index contributed by atoms with van der Waals surface area (Å²) in [5.41, 5.74) is -0.137. The molecule has 2 unspecified atom stereocenters. The van der Waals surface area contributed by atoms with Crippen LogP contribution in [0.15, 0.2) is 12.7 Å². The highest BCUT2D eigenvalue weighted by Gasteiger charge is 2.24. The summed E-state index contributed by atoms with van der Waals surface area (Å²) >= 11 is -1.28. The number of allylic oxidation sites excluding steroid dienone is 1. The van der Waals surface area contributed by atoms with Crippen LogP contribution in [0.4, 0.5) is 0 Å². The fourth-order valence-corrected chi connectivity index (χ4v) is 1.26. The average molecular weight is 200 g/mol. The SMILES string of the molecule is C=CC#CC(OS(C)=O)C(C)(C)C. The molecular formula is C10H16O2S. The van der Waals surface area contributed by atoms with Crippen LogP contribution in [0.5, 0.6) is 0 Å². The van der Waals surface area contributed by atoms with Gasteiger partial charge in [-0.2, -0.15) is 0 Å². The van der Waals surface area contributed by atoms with Gasteiger partial charge in [-0.3, -0.25) is 4.18 Å². The summed E-state index contributed by atoms with van der Waals surface area (Å²) in [5, 5.41) is 0. The maximum atomic E-state index is 10.9. The third-order valence-electron chi connectivity index (χ3n) is 1.33. The van der Waals surface area contributed by atoms with E-state index in [1.807, 2.05) is 20.8 Å². The molecule has 0 N–H and O–H groups in total. The minimum atomic E-state index is -1.28. The number of hydrogen-bond acceptors (Lipinski definition) is 2. The van der Waals surface area contributed by atoms with Crippen molar-refractivity contribution >= 4 is 11.1 Å². The molecule has 13 heavy (non-hydrogen) atoms. The Morgan fingerprint density at radius 1 is 1.54 bits per heavy atom. The van der Waals surface area contributed by atoms with Gasteiger partial charge in [0.25, 0.3) is 0 Å². The first-order valence-electron chi connectivity index (χ1n) is 4.00. The van der Waals surface area contributed by atoms with Gasteiger partial charge in [0.2, 0.25) is 0 Å². The summed E-state index contributed by atoms with van der Waals surface area (Å²) in [4.78, 5) is 0. The van der Waals surface area contributed by atoms with Gasteiger partial charge in [0.05, 0.1) is 0 Å². The Balaban J connectivity index is 4.55. The third kappa shape index (κ3) is 5.62. The lowest BCUT2D eigenvalue weighted by Gasteiger charge is -2.24. The molecule has 0 aliphatic carbocycles. The Hall–Kier alpha value is -0.590. The van der Waals surface area contributed by atoms with Crippen LogP contribution in [0.1, 0.15) is 20.8 Å². The van der Waals surface area contributed by atoms with Crippen molar-refractivity contribution in [3.63, 3.8) is 0 Å². The third-order valence-corrected chi connectivity index (χ3v) is 1.80. The summed E-state index contributed by atoms with van der Waals surface area (Å²) in [5.74, 6) is 5.57. The van der Waals surface area contributed by atoms with Gasteiger partial charge in [-0.25, -0.2) is 4.21 Å². The lowest BCUT2D eigenvalue weighted by Crippen LogP contribution is -2.28. The average Bonchev–Trinajstić information content (AvgIpc) is 1.95. The Morgan fingerprint density at radius 3 is 2.38 bits per heavy atom. The lowest BCUT2D eigenvalue weighted by molar-refractivity contribution is 0.154. The van der Waals surface area contributed by atoms with Crippen molar-refractivity contribution in [2.24, 2.45) is 5.41 Å². The molecule has 0 aliphatic heterocycles. The molecule has 0 aromatic rings. The highest BCUT2D eigenvalue weighted by Crippen LogP contribution is 2.22. The first-order valence-corrected chi connectivity index (χ1v) is 5.48. The topological polar surface area (TPSA) is 26.3 Å². The van der Waals surface area contributed by atoms with Gasteiger partial charge in [0.1, 0.15) is 6.10 Å². The van der Waals surface area contributed by atoms with Gasteiger partial charge in [-0.1, -0.05) is 39.2 Å². The molecule has 0 radical (unpaired) electrons. The predicted molar refractivity (Wildman–Crippen MR) is 56.4 cm³/mol. The smallest absolute Gasteiger partial charge is 0.153 e. The molecule has 74 valence electrons. The molecule has 0 aromatic carbocycles. The number of rotatable bonds is 2. The normalized spacial score (nSPS) is 15.4. The van der Waals surface area contributed by atoms with Crippen LogP contribution in [-0.2, 0) is 15.3 Å². The van der Waals surface area contributed by atoms with Crippen LogP contribution in [0, 0.1) is 17.3 Å². The Morgan fingerprint density at radius 2 is 2.08 bits per heavy atom. The van der Waals surface area contributed by atoms with Crippen LogP contribution in [-0.4, -0.2) is 16.6 Å². The standard InChI is InChI=1S/C10H16O2S/c1-6-7-8-9(10(2,3)4)12-13(5)11/h6,9H,1H2,2-5H3. The van der Waals surface area contributed by atoms with E-state index >= 15 is 0 Å². The van der Waals surface area contributed by atoms with Gasteiger partial charge in [0, 0.05) is 11.7 Å². The molecule has 0 heterocycles. The fraction of sp³-hybridized carbons (Fsp3) is 0.600. The Kier molecular flexibility index (Phi) is 4.97. The molecule has 0 aromatic heterocycles. The quantitative estimate of drug-likeness (QED) is 0.636. The molecule has 0 fully saturated rings. The van der Waals surface area contributed by atoms with Crippen LogP contribution >= 0.6 is 0 Å². The van der Waals surface area contributed by atoms with E-state index in [0.717, 1.165) is 0 Å². The van der Waals surface area contributed by atoms with Gasteiger partial charge >= 0.3 is 0 Å². The summed E-state index contributed by atoms with van der Waals surface area (Å²) < 4.78 is 16.0. The van der Waals surface area contributed by atoms with Crippen LogP contribution in [0.3, 0.4) is 0 Å². The second-order valence-corrected chi connectivity index (χ2v) is 4.73. The maximum Gasteiger partial charge on any atom is 0.153 e. The highest BCUT2D eigenvalue weighted by atomic mass is 32.2. The Labute approximate surface area is 83.0 Å². The minimum Gasteiger partial charge on any atom is -0.274 e. The van der Waals surface area contributed by atoms with Crippen molar-refractivity contribution in [1.29, 1.82) is 0 Å². The van der Waals surface area contributed by atoms with E-state index in [0.29, 0.717) is 0 Å². The molecule has 0 spiro atoms. The minimum absolute atomic E-state index is 0.137. The summed E-state index contributed by atoms with van der Waals surface area (Å²) in [6.07, 6.45) is 2.67. The van der Waals surface area contributed by atoms with E-state index in [1.54, 1.807) is 0 Å². The molecule has 0 saturated carbocycles. The van der Waals surface area contributed by atoms with Crippen molar-refractivity contribution in [1.82, 2.24) is 0 Å². The van der Waals surface area contributed by atoms with E-state index in [2.05, 4.69) is 18.4 Å². The molecular weight excluding hydrogens is 184 g/mol. The summed E-state index contributed by atoms with van der Waals surface area (Å²) in [6.45, 7) is 9.45. The van der Waals surface area contributed by atoms with E-state index < -0.39 is 11.1 Å². The zero-order valence-corrected chi connectivity index (χ0v) is 9.40. The summed E-state index contributed by atoms with van der Waals surface area (Å²) in [7, 11) is 0. The van der Waals surface area contributed by atoms with Crippen LogP contribution < -0.4 is 0 Å². The van der Waals surface area contributed by atoms with E-state index in [1.165, 1.54) is 12.3 Å². The van der Waals surface area contributed by atoms with Gasteiger partial charge in [-0.15, -0.1) is 0 Å². The van der Waals surface area contributed by atoms with E-state index in [4.69, 9.17) is 4.18 Å². The van der Waals surface area contributed by atoms with Crippen LogP contribution in [0.2, 0.25) is 0 Å². The maximum absolute atomic E-state index is 10.9. The van der Waals surface area contributed by atoms with Gasteiger partial charge < -0.3 is 0 Å². The Bertz CT molecular complexity index is 252. The summed E-state index contributed by atoms with van der Waals surface area (Å²) in [6, 6.07) is 0. The van der Waals surface area contributed by atoms with Gasteiger partial charge in [0.15, 0.2) is 11.1 Å². The predicted octanol–water partition coefficient (Wildman–Crippen LogP) is 1.90. The fourth-order valence-electron chi connectivity index (χ4n) is 0.655. The lowest BCUT2D eigenvalue weighted by atomic mass is 9.90. The largest absolute Gasteiger partial charge is 0.274 e. The highest BCUT2D eigenvalue weighted by molar-refractivity contribution is 7.79. The zero-order valence-electron chi connectivity index (χ0n) is 8.59. The second kappa shape index (κ2) is 5.21. The molecule has 0 saturated heterocycles. The second-order valence-electron chi connectivity index (χ2n) is 3.74. The molecule has 0 bridgehead atoms. The van der Waals surface area contributed by atoms with Crippen molar-refractivity contribution < 1.29 is 8.39 Å². The zero-order chi connectivity index (χ0) is 10.5. The molecule has 3 heteroatoms. The van der Waals surface area contributed by atoms with E-state index in [9.17, 15) is 4.21 Å². The van der Waals surface area contributed by atoms with Crippen molar-refractivity contribution in [3.8, 4) is 11.8 Å². The van der Waals surface area contributed by atoms with Crippen LogP contribution in [0.25, 0.3) is 0 Å². The van der Waals surface area contributed by atoms with Gasteiger partial charge in [-0.05, 0) is 6.08 Å². The first-order chi connectivity index (χ1) is 5.88. The van der Waals surface area contributed by atoms with Crippen molar-refractivity contribution in [2.75, 3.05) is 6.26 Å². The molecule has 0 rings (SSSR count). The first kappa shape index (κ1) is 12.4. The molecule has 0 amide bonds. The van der Waals surface area contributed by atoms with Crippen molar-refractivity contribution in [3.05, 3.63) is 12.7 Å². The number of hydrogen-bond donors (Lipinski definition) is 0. The van der Waals surface area contributed by atoms with Crippen molar-refractivity contribution in [2.45, 2.75) is 26.9 Å². The molecule has 2 atom stereocenters. The monoisotopic (exact) mass is 200 g/mol. The van der Waals surface area contributed by atoms with E-state index in [-0.39, 0.29) is 11.5 Å².